The van der Waals surface area contributed by atoms with E-state index in [-0.39, 0.29) is 11.7 Å². The lowest BCUT2D eigenvalue weighted by Gasteiger charge is -2.26. The average Bonchev–Trinajstić information content (AvgIpc) is 2.82. The summed E-state index contributed by atoms with van der Waals surface area (Å²) in [7, 11) is 0. The van der Waals surface area contributed by atoms with Crippen molar-refractivity contribution in [3.05, 3.63) is 83.9 Å². The van der Waals surface area contributed by atoms with Gasteiger partial charge in [0, 0.05) is 22.7 Å². The second kappa shape index (κ2) is 11.2. The number of phenols is 1. The van der Waals surface area contributed by atoms with Crippen molar-refractivity contribution in [3.63, 3.8) is 0 Å². The van der Waals surface area contributed by atoms with Crippen LogP contribution in [-0.2, 0) is 9.53 Å². The molecule has 3 rings (SSSR count). The van der Waals surface area contributed by atoms with Gasteiger partial charge in [-0.25, -0.2) is 10.3 Å². The van der Waals surface area contributed by atoms with Gasteiger partial charge >= 0.3 is 6.09 Å². The molecular weight excluding hydrogens is 420 g/mol. The molecule has 0 bridgehead atoms. The largest absolute Gasteiger partial charge is 0.507 e. The number of carbonyl (C=O) groups excluding carboxylic acids is 2. The van der Waals surface area contributed by atoms with E-state index in [0.29, 0.717) is 23.9 Å². The van der Waals surface area contributed by atoms with Crippen LogP contribution in [0, 0.1) is 12.8 Å². The van der Waals surface area contributed by atoms with E-state index in [2.05, 4.69) is 5.32 Å². The van der Waals surface area contributed by atoms with Crippen LogP contribution in [0.2, 0.25) is 0 Å². The van der Waals surface area contributed by atoms with E-state index in [0.717, 1.165) is 16.5 Å². The van der Waals surface area contributed by atoms with Crippen LogP contribution in [0.4, 0.5) is 10.5 Å². The Morgan fingerprint density at radius 3 is 2.42 bits per heavy atom. The molecule has 0 spiro atoms. The average molecular weight is 449 g/mol. The van der Waals surface area contributed by atoms with Crippen LogP contribution in [0.5, 0.6) is 5.75 Å². The van der Waals surface area contributed by atoms with E-state index < -0.39 is 18.1 Å². The molecule has 0 saturated carbocycles. The maximum Gasteiger partial charge on any atom is 0.412 e. The van der Waals surface area contributed by atoms with Crippen molar-refractivity contribution < 1.29 is 24.6 Å². The fourth-order valence-electron chi connectivity index (χ4n) is 3.68. The van der Waals surface area contributed by atoms with Gasteiger partial charge in [0.15, 0.2) is 0 Å². The quantitative estimate of drug-likeness (QED) is 0.203. The van der Waals surface area contributed by atoms with Gasteiger partial charge in [-0.15, -0.1) is 0 Å². The highest BCUT2D eigenvalue weighted by molar-refractivity contribution is 5.91. The molecule has 0 unspecified atom stereocenters. The summed E-state index contributed by atoms with van der Waals surface area (Å²) >= 11 is 0. The zero-order chi connectivity index (χ0) is 23.8. The standard InChI is InChI=1S/C26H28N2O5/c1-17-11-13-19(14-12-17)27-26(31)33-25(18(2)7-3-6-10-24(30)28-32)22-15-16-23(29)21-9-5-4-8-20(21)22/h4-6,8-16,18,25,29,32H,3,7H2,1-2H3,(H,27,31)(H,28,30)/b10-6+/t18-,25-/m0/s1. The number of fused-ring (bicyclic) bond motifs is 1. The van der Waals surface area contributed by atoms with Crippen LogP contribution in [0.3, 0.4) is 0 Å². The lowest BCUT2D eigenvalue weighted by atomic mass is 9.89. The number of anilines is 1. The van der Waals surface area contributed by atoms with E-state index >= 15 is 0 Å². The summed E-state index contributed by atoms with van der Waals surface area (Å²) in [5.74, 6) is -0.552. The van der Waals surface area contributed by atoms with Crippen molar-refractivity contribution in [2.24, 2.45) is 5.92 Å². The SMILES string of the molecule is Cc1ccc(NC(=O)O[C@H](c2ccc(O)c3ccccc23)[C@@H](C)CC/C=C/C(=O)NO)cc1. The van der Waals surface area contributed by atoms with Gasteiger partial charge in [0.05, 0.1) is 0 Å². The molecule has 4 N–H and O–H groups in total. The lowest BCUT2D eigenvalue weighted by Crippen LogP contribution is -2.22. The summed E-state index contributed by atoms with van der Waals surface area (Å²) in [4.78, 5) is 24.0. The Kier molecular flexibility index (Phi) is 8.05. The van der Waals surface area contributed by atoms with Crippen molar-refractivity contribution in [3.8, 4) is 5.75 Å². The second-order valence-electron chi connectivity index (χ2n) is 7.97. The highest BCUT2D eigenvalue weighted by atomic mass is 16.6. The maximum atomic E-state index is 12.8. The molecule has 7 nitrogen and oxygen atoms in total. The third-order valence-corrected chi connectivity index (χ3v) is 5.46. The van der Waals surface area contributed by atoms with Crippen LogP contribution >= 0.6 is 0 Å². The fraction of sp³-hybridized carbons (Fsp3) is 0.231. The van der Waals surface area contributed by atoms with Gasteiger partial charge in [0.1, 0.15) is 11.9 Å². The first-order valence-electron chi connectivity index (χ1n) is 10.7. The number of hydroxylamine groups is 1. The molecule has 0 fully saturated rings. The van der Waals surface area contributed by atoms with Crippen LogP contribution in [0.1, 0.15) is 37.0 Å². The molecule has 172 valence electrons. The number of aryl methyl sites for hydroxylation is 1. The van der Waals surface area contributed by atoms with Crippen LogP contribution < -0.4 is 10.8 Å². The molecule has 7 heteroatoms. The van der Waals surface area contributed by atoms with Crippen molar-refractivity contribution in [1.29, 1.82) is 0 Å². The van der Waals surface area contributed by atoms with Gasteiger partial charge in [-0.1, -0.05) is 61.0 Å². The third-order valence-electron chi connectivity index (χ3n) is 5.46. The summed E-state index contributed by atoms with van der Waals surface area (Å²) in [5.41, 5.74) is 4.05. The summed E-state index contributed by atoms with van der Waals surface area (Å²) < 4.78 is 5.90. The maximum absolute atomic E-state index is 12.8. The number of aromatic hydroxyl groups is 1. The number of amides is 2. The van der Waals surface area contributed by atoms with Crippen molar-refractivity contribution in [2.75, 3.05) is 5.32 Å². The number of hydrogen-bond acceptors (Lipinski definition) is 5. The highest BCUT2D eigenvalue weighted by Gasteiger charge is 2.26. The molecule has 0 aliphatic rings. The van der Waals surface area contributed by atoms with Crippen molar-refractivity contribution in [2.45, 2.75) is 32.8 Å². The zero-order valence-corrected chi connectivity index (χ0v) is 18.6. The van der Waals surface area contributed by atoms with Gasteiger partial charge in [0.25, 0.3) is 5.91 Å². The zero-order valence-electron chi connectivity index (χ0n) is 18.6. The van der Waals surface area contributed by atoms with Gasteiger partial charge < -0.3 is 9.84 Å². The Labute approximate surface area is 192 Å². The molecule has 3 aromatic carbocycles. The van der Waals surface area contributed by atoms with Gasteiger partial charge in [0.2, 0.25) is 0 Å². The minimum absolute atomic E-state index is 0.108. The number of ether oxygens (including phenoxy) is 1. The number of hydrogen-bond donors (Lipinski definition) is 4. The molecular formula is C26H28N2O5. The first-order valence-corrected chi connectivity index (χ1v) is 10.7. The van der Waals surface area contributed by atoms with E-state index in [9.17, 15) is 14.7 Å². The van der Waals surface area contributed by atoms with Crippen molar-refractivity contribution >= 4 is 28.5 Å². The Morgan fingerprint density at radius 1 is 1.03 bits per heavy atom. The molecule has 0 aromatic heterocycles. The molecule has 0 aliphatic heterocycles. The van der Waals surface area contributed by atoms with Crippen LogP contribution in [0.15, 0.2) is 72.8 Å². The molecule has 0 saturated heterocycles. The van der Waals surface area contributed by atoms with Crippen LogP contribution in [-0.4, -0.2) is 22.3 Å². The number of benzene rings is 3. The summed E-state index contributed by atoms with van der Waals surface area (Å²) in [5, 5.41) is 23.1. The Morgan fingerprint density at radius 2 is 1.73 bits per heavy atom. The number of allylic oxidation sites excluding steroid dienone is 1. The van der Waals surface area contributed by atoms with Crippen molar-refractivity contribution in [1.82, 2.24) is 5.48 Å². The molecule has 3 aromatic rings. The van der Waals surface area contributed by atoms with E-state index in [4.69, 9.17) is 9.94 Å². The van der Waals surface area contributed by atoms with E-state index in [1.54, 1.807) is 23.7 Å². The van der Waals surface area contributed by atoms with E-state index in [1.165, 1.54) is 6.08 Å². The molecule has 0 aliphatic carbocycles. The molecule has 2 atom stereocenters. The Balaban J connectivity index is 1.85. The Hall–Kier alpha value is -3.84. The smallest absolute Gasteiger partial charge is 0.412 e. The first-order chi connectivity index (χ1) is 15.9. The highest BCUT2D eigenvalue weighted by Crippen LogP contribution is 2.37. The predicted molar refractivity (Wildman–Crippen MR) is 127 cm³/mol. The topological polar surface area (TPSA) is 108 Å². The molecule has 0 heterocycles. The number of rotatable bonds is 8. The molecule has 2 amide bonds. The summed E-state index contributed by atoms with van der Waals surface area (Å²) in [6.45, 7) is 3.93. The fourth-order valence-corrected chi connectivity index (χ4v) is 3.68. The number of nitrogens with one attached hydrogen (secondary N) is 2. The minimum atomic E-state index is -0.600. The monoisotopic (exact) mass is 448 g/mol. The lowest BCUT2D eigenvalue weighted by molar-refractivity contribution is -0.124. The van der Waals surface area contributed by atoms with Gasteiger partial charge in [-0.05, 0) is 49.3 Å². The number of carbonyl (C=O) groups is 2. The summed E-state index contributed by atoms with van der Waals surface area (Å²) in [6, 6.07) is 18.2. The van der Waals surface area contributed by atoms with Crippen LogP contribution in [0.25, 0.3) is 10.8 Å². The summed E-state index contributed by atoms with van der Waals surface area (Å²) in [6.07, 6.45) is 2.89. The third kappa shape index (κ3) is 6.33. The minimum Gasteiger partial charge on any atom is -0.507 e. The molecule has 0 radical (unpaired) electrons. The van der Waals surface area contributed by atoms with E-state index in [1.807, 2.05) is 62.4 Å². The molecule has 33 heavy (non-hydrogen) atoms. The number of phenolic OH excluding ortho intramolecular Hbond substituents is 1. The van der Waals surface area contributed by atoms with Gasteiger partial charge in [-0.2, -0.15) is 0 Å². The first kappa shape index (κ1) is 23.8. The van der Waals surface area contributed by atoms with Gasteiger partial charge in [-0.3, -0.25) is 15.3 Å². The normalized spacial score (nSPS) is 12.9. The Bertz CT molecular complexity index is 1140. The predicted octanol–water partition coefficient (Wildman–Crippen LogP) is 5.62. The second-order valence-corrected chi connectivity index (χ2v) is 7.97.